The lowest BCUT2D eigenvalue weighted by atomic mass is 10.0. The topological polar surface area (TPSA) is 57.5 Å². The molecule has 2 N–H and O–H groups in total. The zero-order chi connectivity index (χ0) is 17.6. The zero-order valence-corrected chi connectivity index (χ0v) is 14.4. The van der Waals surface area contributed by atoms with E-state index in [0.29, 0.717) is 17.7 Å². The molecule has 2 aromatic rings. The summed E-state index contributed by atoms with van der Waals surface area (Å²) in [7, 11) is 0. The maximum atomic E-state index is 11.9. The van der Waals surface area contributed by atoms with Crippen LogP contribution >= 0.6 is 0 Å². The van der Waals surface area contributed by atoms with Crippen LogP contribution in [0.2, 0.25) is 0 Å². The molecule has 0 aliphatic heterocycles. The van der Waals surface area contributed by atoms with Gasteiger partial charge >= 0.3 is 0 Å². The van der Waals surface area contributed by atoms with Crippen LogP contribution in [0.1, 0.15) is 61.4 Å². The molecule has 0 heterocycles. The molecular weight excluding hydrogens is 300 g/mol. The largest absolute Gasteiger partial charge is 0.507 e. The lowest BCUT2D eigenvalue weighted by Gasteiger charge is -2.02. The van der Waals surface area contributed by atoms with Gasteiger partial charge in [0.25, 0.3) is 0 Å². The summed E-state index contributed by atoms with van der Waals surface area (Å²) in [6, 6.07) is 15.5. The van der Waals surface area contributed by atoms with Gasteiger partial charge in [-0.2, -0.15) is 0 Å². The van der Waals surface area contributed by atoms with Gasteiger partial charge in [-0.15, -0.1) is 0 Å². The third-order valence-electron chi connectivity index (χ3n) is 3.70. The summed E-state index contributed by atoms with van der Waals surface area (Å²) in [5, 5.41) is 17.9. The molecule has 0 aliphatic carbocycles. The number of unbranched alkanes of at least 4 members (excludes halogenated alkanes) is 5. The van der Waals surface area contributed by atoms with Crippen LogP contribution in [0.4, 0.5) is 0 Å². The molecule has 0 bridgehead atoms. The van der Waals surface area contributed by atoms with E-state index in [0.717, 1.165) is 6.42 Å². The normalized spacial score (nSPS) is 9.92. The molecule has 0 radical (unpaired) electrons. The van der Waals surface area contributed by atoms with Crippen molar-refractivity contribution in [1.29, 1.82) is 0 Å². The monoisotopic (exact) mass is 328 g/mol. The molecular formula is C21H28O3. The lowest BCUT2D eigenvalue weighted by Crippen LogP contribution is -2.00. The van der Waals surface area contributed by atoms with Crippen LogP contribution in [-0.2, 0) is 0 Å². The maximum absolute atomic E-state index is 11.9. The first-order chi connectivity index (χ1) is 11.7. The Kier molecular flexibility index (Phi) is 10.2. The summed E-state index contributed by atoms with van der Waals surface area (Å²) in [5.41, 5.74) is 0.919. The predicted molar refractivity (Wildman–Crippen MR) is 98.4 cm³/mol. The summed E-state index contributed by atoms with van der Waals surface area (Å²) in [6.45, 7) is 2.58. The van der Waals surface area contributed by atoms with Crippen molar-refractivity contribution in [2.45, 2.75) is 45.4 Å². The minimum Gasteiger partial charge on any atom is -0.507 e. The summed E-state index contributed by atoms with van der Waals surface area (Å²) in [5.74, 6) is -0.139. The zero-order valence-electron chi connectivity index (χ0n) is 14.4. The highest BCUT2D eigenvalue weighted by molar-refractivity contribution is 6.10. The van der Waals surface area contributed by atoms with Gasteiger partial charge in [0.15, 0.2) is 5.78 Å². The Balaban J connectivity index is 0.000000277. The number of aliphatic hydroxyl groups is 1. The fraction of sp³-hybridized carbons (Fsp3) is 0.381. The van der Waals surface area contributed by atoms with Crippen LogP contribution in [0.25, 0.3) is 0 Å². The molecule has 0 aliphatic rings. The second-order valence-electron chi connectivity index (χ2n) is 5.70. The average molecular weight is 328 g/mol. The second kappa shape index (κ2) is 12.3. The molecule has 24 heavy (non-hydrogen) atoms. The lowest BCUT2D eigenvalue weighted by molar-refractivity contribution is 0.103. The number of para-hydroxylation sites is 1. The van der Waals surface area contributed by atoms with Crippen molar-refractivity contribution < 1.29 is 15.0 Å². The molecule has 0 atom stereocenters. The molecule has 2 aromatic carbocycles. The number of hydrogen-bond donors (Lipinski definition) is 2. The number of aromatic hydroxyl groups is 1. The van der Waals surface area contributed by atoms with Gasteiger partial charge in [-0.25, -0.2) is 0 Å². The van der Waals surface area contributed by atoms with Crippen LogP contribution in [0, 0.1) is 0 Å². The molecule has 130 valence electrons. The van der Waals surface area contributed by atoms with E-state index < -0.39 is 0 Å². The van der Waals surface area contributed by atoms with E-state index in [9.17, 15) is 9.90 Å². The summed E-state index contributed by atoms with van der Waals surface area (Å²) in [6.07, 6.45) is 7.50. The molecule has 0 amide bonds. The van der Waals surface area contributed by atoms with Crippen LogP contribution in [0.15, 0.2) is 54.6 Å². The van der Waals surface area contributed by atoms with E-state index in [1.54, 1.807) is 42.5 Å². The highest BCUT2D eigenvalue weighted by Crippen LogP contribution is 2.19. The number of aliphatic hydroxyl groups excluding tert-OH is 1. The van der Waals surface area contributed by atoms with E-state index in [1.807, 2.05) is 6.07 Å². The van der Waals surface area contributed by atoms with Crippen molar-refractivity contribution in [3.63, 3.8) is 0 Å². The van der Waals surface area contributed by atoms with Gasteiger partial charge in [0, 0.05) is 12.2 Å². The van der Waals surface area contributed by atoms with Crippen LogP contribution in [0.5, 0.6) is 5.75 Å². The number of benzene rings is 2. The van der Waals surface area contributed by atoms with Gasteiger partial charge in [-0.1, -0.05) is 81.5 Å². The highest BCUT2D eigenvalue weighted by Gasteiger charge is 2.11. The molecule has 0 spiro atoms. The number of rotatable bonds is 8. The van der Waals surface area contributed by atoms with Crippen molar-refractivity contribution in [3.05, 3.63) is 65.7 Å². The number of phenolic OH excluding ortho intramolecular Hbond substituents is 1. The van der Waals surface area contributed by atoms with Crippen LogP contribution in [-0.4, -0.2) is 22.6 Å². The van der Waals surface area contributed by atoms with E-state index >= 15 is 0 Å². The van der Waals surface area contributed by atoms with Gasteiger partial charge in [-0.05, 0) is 18.6 Å². The molecule has 0 fully saturated rings. The Morgan fingerprint density at radius 3 is 2.04 bits per heavy atom. The van der Waals surface area contributed by atoms with Crippen molar-refractivity contribution in [2.75, 3.05) is 6.61 Å². The third-order valence-corrected chi connectivity index (χ3v) is 3.70. The summed E-state index contributed by atoms with van der Waals surface area (Å²) in [4.78, 5) is 11.9. The Morgan fingerprint density at radius 1 is 0.833 bits per heavy atom. The number of carbonyl (C=O) groups excluding carboxylic acids is 1. The van der Waals surface area contributed by atoms with E-state index in [1.165, 1.54) is 38.2 Å². The quantitative estimate of drug-likeness (QED) is 0.532. The maximum Gasteiger partial charge on any atom is 0.196 e. The molecule has 0 aromatic heterocycles. The predicted octanol–water partition coefficient (Wildman–Crippen LogP) is 4.96. The Morgan fingerprint density at radius 2 is 1.42 bits per heavy atom. The molecule has 2 rings (SSSR count). The molecule has 3 heteroatoms. The van der Waals surface area contributed by atoms with Crippen LogP contribution in [0.3, 0.4) is 0 Å². The van der Waals surface area contributed by atoms with Crippen LogP contribution < -0.4 is 0 Å². The van der Waals surface area contributed by atoms with E-state index in [-0.39, 0.29) is 11.5 Å². The van der Waals surface area contributed by atoms with E-state index in [2.05, 4.69) is 6.92 Å². The first-order valence-electron chi connectivity index (χ1n) is 8.69. The number of carbonyl (C=O) groups is 1. The number of phenols is 1. The Hall–Kier alpha value is -2.13. The first kappa shape index (κ1) is 19.9. The molecule has 0 saturated heterocycles. The highest BCUT2D eigenvalue weighted by atomic mass is 16.3. The Bertz CT molecular complexity index is 573. The first-order valence-corrected chi connectivity index (χ1v) is 8.69. The fourth-order valence-corrected chi connectivity index (χ4v) is 2.30. The van der Waals surface area contributed by atoms with Gasteiger partial charge in [0.2, 0.25) is 0 Å². The molecule has 3 nitrogen and oxygen atoms in total. The van der Waals surface area contributed by atoms with Crippen molar-refractivity contribution in [1.82, 2.24) is 0 Å². The summed E-state index contributed by atoms with van der Waals surface area (Å²) >= 11 is 0. The number of hydrogen-bond acceptors (Lipinski definition) is 3. The minimum absolute atomic E-state index is 0.0198. The SMILES string of the molecule is CCCCCCCCO.O=C(c1ccccc1)c1ccccc1O. The van der Waals surface area contributed by atoms with Crippen molar-refractivity contribution in [3.8, 4) is 5.75 Å². The van der Waals surface area contributed by atoms with Gasteiger partial charge in [0.1, 0.15) is 5.75 Å². The average Bonchev–Trinajstić information content (AvgIpc) is 2.63. The Labute approximate surface area is 145 Å². The van der Waals surface area contributed by atoms with Crippen molar-refractivity contribution >= 4 is 5.78 Å². The van der Waals surface area contributed by atoms with Gasteiger partial charge in [0.05, 0.1) is 5.56 Å². The third kappa shape index (κ3) is 7.42. The number of ketones is 1. The smallest absolute Gasteiger partial charge is 0.196 e. The standard InChI is InChI=1S/C13H10O2.C8H18O/c14-12-9-5-4-8-11(12)13(15)10-6-2-1-3-7-10;1-2-3-4-5-6-7-8-9/h1-9,14H;9H,2-8H2,1H3. The molecule has 0 saturated carbocycles. The molecule has 0 unspecified atom stereocenters. The fourth-order valence-electron chi connectivity index (χ4n) is 2.30. The summed E-state index contributed by atoms with van der Waals surface area (Å²) < 4.78 is 0. The van der Waals surface area contributed by atoms with Gasteiger partial charge in [-0.3, -0.25) is 4.79 Å². The van der Waals surface area contributed by atoms with Gasteiger partial charge < -0.3 is 10.2 Å². The minimum atomic E-state index is -0.159. The second-order valence-corrected chi connectivity index (χ2v) is 5.70. The van der Waals surface area contributed by atoms with Crippen molar-refractivity contribution in [2.24, 2.45) is 0 Å². The van der Waals surface area contributed by atoms with E-state index in [4.69, 9.17) is 5.11 Å².